The smallest absolute Gasteiger partial charge is 0.251 e. The zero-order valence-corrected chi connectivity index (χ0v) is 20.1. The second kappa shape index (κ2) is 10.0. The molecule has 4 aromatic rings. The quantitative estimate of drug-likeness (QED) is 0.305. The molecule has 0 fully saturated rings. The molecule has 0 bridgehead atoms. The third-order valence-electron chi connectivity index (χ3n) is 6.43. The summed E-state index contributed by atoms with van der Waals surface area (Å²) in [6, 6.07) is 23.7. The molecule has 5 rings (SSSR count). The number of pyridine rings is 1. The number of para-hydroxylation sites is 2. The summed E-state index contributed by atoms with van der Waals surface area (Å²) in [7, 11) is 1.68. The van der Waals surface area contributed by atoms with E-state index in [9.17, 15) is 4.79 Å². The number of hydrogen-bond acceptors (Lipinski definition) is 4. The van der Waals surface area contributed by atoms with E-state index < -0.39 is 0 Å². The Morgan fingerprint density at radius 3 is 2.57 bits per heavy atom. The van der Waals surface area contributed by atoms with Gasteiger partial charge in [0.15, 0.2) is 0 Å². The molecule has 0 aliphatic heterocycles. The molecule has 3 aromatic carbocycles. The summed E-state index contributed by atoms with van der Waals surface area (Å²) in [5.41, 5.74) is 7.65. The molecular formula is C30H29N3O2. The number of rotatable bonds is 6. The predicted molar refractivity (Wildman–Crippen MR) is 143 cm³/mol. The van der Waals surface area contributed by atoms with Gasteiger partial charge in [-0.1, -0.05) is 42.5 Å². The van der Waals surface area contributed by atoms with Crippen molar-refractivity contribution in [2.75, 3.05) is 17.7 Å². The van der Waals surface area contributed by atoms with Gasteiger partial charge in [0.05, 0.1) is 24.0 Å². The summed E-state index contributed by atoms with van der Waals surface area (Å²) in [5, 5.41) is 7.69. The highest BCUT2D eigenvalue weighted by atomic mass is 16.5. The highest BCUT2D eigenvalue weighted by Gasteiger charge is 2.20. The van der Waals surface area contributed by atoms with Crippen LogP contribution in [0.2, 0.25) is 0 Å². The Kier molecular flexibility index (Phi) is 6.49. The summed E-state index contributed by atoms with van der Waals surface area (Å²) >= 11 is 0. The Bertz CT molecular complexity index is 1410. The zero-order valence-electron chi connectivity index (χ0n) is 20.1. The standard InChI is InChI=1S/C30H29N3O2/c1-20(18-21-10-4-3-5-11-21)30(34)31-22-16-17-26-24(19-22)29(23-12-6-7-13-25(23)32-26)33-27-14-8-9-15-28(27)35-2/h3-5,8-11,14-19H,6-7,12-13H2,1-2H3,(H,31,34)(H,32,33). The van der Waals surface area contributed by atoms with Crippen molar-refractivity contribution in [3.8, 4) is 5.75 Å². The largest absolute Gasteiger partial charge is 0.495 e. The van der Waals surface area contributed by atoms with Crippen molar-refractivity contribution in [3.05, 3.63) is 95.2 Å². The van der Waals surface area contributed by atoms with Crippen LogP contribution in [0.3, 0.4) is 0 Å². The lowest BCUT2D eigenvalue weighted by molar-refractivity contribution is -0.112. The predicted octanol–water partition coefficient (Wildman–Crippen LogP) is 6.91. The fourth-order valence-electron chi connectivity index (χ4n) is 4.62. The van der Waals surface area contributed by atoms with Crippen molar-refractivity contribution in [2.24, 2.45) is 0 Å². The van der Waals surface area contributed by atoms with E-state index in [4.69, 9.17) is 9.72 Å². The first-order valence-electron chi connectivity index (χ1n) is 12.0. The highest BCUT2D eigenvalue weighted by molar-refractivity contribution is 6.07. The molecule has 5 nitrogen and oxygen atoms in total. The molecule has 1 aliphatic rings. The van der Waals surface area contributed by atoms with E-state index >= 15 is 0 Å². The van der Waals surface area contributed by atoms with E-state index in [0.717, 1.165) is 70.7 Å². The number of fused-ring (bicyclic) bond motifs is 2. The average molecular weight is 464 g/mol. The molecule has 1 aromatic heterocycles. The van der Waals surface area contributed by atoms with Crippen molar-refractivity contribution in [2.45, 2.75) is 32.6 Å². The fourth-order valence-corrected chi connectivity index (χ4v) is 4.62. The Morgan fingerprint density at radius 2 is 1.74 bits per heavy atom. The third-order valence-corrected chi connectivity index (χ3v) is 6.43. The lowest BCUT2D eigenvalue weighted by atomic mass is 9.92. The Labute approximate surface area is 205 Å². The van der Waals surface area contributed by atoms with Gasteiger partial charge >= 0.3 is 0 Å². The summed E-state index contributed by atoms with van der Waals surface area (Å²) in [6.45, 7) is 1.83. The number of aromatic nitrogens is 1. The number of hydrogen-bond donors (Lipinski definition) is 2. The van der Waals surface area contributed by atoms with Gasteiger partial charge in [0.1, 0.15) is 5.75 Å². The molecule has 1 aliphatic carbocycles. The number of nitrogens with one attached hydrogen (secondary N) is 2. The second-order valence-corrected chi connectivity index (χ2v) is 8.87. The van der Waals surface area contributed by atoms with Gasteiger partial charge in [0, 0.05) is 22.3 Å². The van der Waals surface area contributed by atoms with Crippen LogP contribution in [0, 0.1) is 0 Å². The number of anilines is 3. The van der Waals surface area contributed by atoms with Crippen molar-refractivity contribution in [1.29, 1.82) is 0 Å². The first-order chi connectivity index (χ1) is 17.1. The van der Waals surface area contributed by atoms with Crippen molar-refractivity contribution in [3.63, 3.8) is 0 Å². The van der Waals surface area contributed by atoms with Gasteiger partial charge in [-0.05, 0) is 80.1 Å². The maximum atomic E-state index is 12.9. The van der Waals surface area contributed by atoms with Crippen molar-refractivity contribution >= 4 is 39.9 Å². The average Bonchev–Trinajstić information content (AvgIpc) is 2.89. The molecule has 0 saturated heterocycles. The number of amides is 1. The number of carbonyl (C=O) groups is 1. The summed E-state index contributed by atoms with van der Waals surface area (Å²) in [4.78, 5) is 17.9. The number of benzene rings is 3. The minimum Gasteiger partial charge on any atom is -0.495 e. The molecule has 1 heterocycles. The monoisotopic (exact) mass is 463 g/mol. The number of aryl methyl sites for hydroxylation is 1. The molecule has 0 spiro atoms. The highest BCUT2D eigenvalue weighted by Crippen LogP contribution is 2.38. The van der Waals surface area contributed by atoms with Crippen LogP contribution in [0.15, 0.2) is 78.4 Å². The van der Waals surface area contributed by atoms with Gasteiger partial charge in [-0.15, -0.1) is 0 Å². The second-order valence-electron chi connectivity index (χ2n) is 8.87. The molecule has 35 heavy (non-hydrogen) atoms. The van der Waals surface area contributed by atoms with Crippen LogP contribution in [0.4, 0.5) is 17.1 Å². The van der Waals surface area contributed by atoms with Gasteiger partial charge in [0.2, 0.25) is 0 Å². The van der Waals surface area contributed by atoms with Crippen LogP contribution in [0.5, 0.6) is 5.75 Å². The van der Waals surface area contributed by atoms with Gasteiger partial charge in [-0.25, -0.2) is 0 Å². The minimum atomic E-state index is -0.127. The van der Waals surface area contributed by atoms with Crippen LogP contribution in [-0.2, 0) is 17.6 Å². The Balaban J connectivity index is 1.53. The van der Waals surface area contributed by atoms with Crippen LogP contribution < -0.4 is 15.4 Å². The van der Waals surface area contributed by atoms with E-state index in [2.05, 4.69) is 10.6 Å². The van der Waals surface area contributed by atoms with Gasteiger partial charge in [-0.2, -0.15) is 0 Å². The fraction of sp³-hybridized carbons (Fsp3) is 0.200. The lowest BCUT2D eigenvalue weighted by Gasteiger charge is -2.23. The molecular weight excluding hydrogens is 434 g/mol. The molecule has 176 valence electrons. The first-order valence-corrected chi connectivity index (χ1v) is 12.0. The van der Waals surface area contributed by atoms with E-state index in [0.29, 0.717) is 5.57 Å². The molecule has 0 saturated carbocycles. The number of methoxy groups -OCH3 is 1. The van der Waals surface area contributed by atoms with E-state index in [-0.39, 0.29) is 5.91 Å². The summed E-state index contributed by atoms with van der Waals surface area (Å²) in [5.74, 6) is 0.659. The number of ether oxygens (including phenoxy) is 1. The van der Waals surface area contributed by atoms with Crippen LogP contribution in [0.25, 0.3) is 17.0 Å². The van der Waals surface area contributed by atoms with Gasteiger partial charge in [0.25, 0.3) is 5.91 Å². The Morgan fingerprint density at radius 1 is 0.971 bits per heavy atom. The van der Waals surface area contributed by atoms with Crippen molar-refractivity contribution in [1.82, 2.24) is 4.98 Å². The molecule has 0 unspecified atom stereocenters. The molecule has 1 amide bonds. The molecule has 5 heteroatoms. The van der Waals surface area contributed by atoms with Gasteiger partial charge in [-0.3, -0.25) is 9.78 Å². The van der Waals surface area contributed by atoms with Crippen LogP contribution in [-0.4, -0.2) is 18.0 Å². The normalized spacial score (nSPS) is 13.3. The number of nitrogens with zero attached hydrogens (tertiary/aromatic N) is 1. The van der Waals surface area contributed by atoms with Crippen LogP contribution in [0.1, 0.15) is 36.6 Å². The van der Waals surface area contributed by atoms with E-state index in [1.54, 1.807) is 7.11 Å². The third kappa shape index (κ3) is 4.90. The van der Waals surface area contributed by atoms with Crippen LogP contribution >= 0.6 is 0 Å². The maximum Gasteiger partial charge on any atom is 0.251 e. The lowest BCUT2D eigenvalue weighted by Crippen LogP contribution is -2.13. The Hall–Kier alpha value is -4.12. The summed E-state index contributed by atoms with van der Waals surface area (Å²) in [6.07, 6.45) is 6.14. The molecule has 0 radical (unpaired) electrons. The van der Waals surface area contributed by atoms with E-state index in [1.165, 1.54) is 5.56 Å². The SMILES string of the molecule is COc1ccccc1Nc1c2c(nc3ccc(NC(=O)C(C)=Cc4ccccc4)cc13)CCCC2. The van der Waals surface area contributed by atoms with E-state index in [1.807, 2.05) is 85.8 Å². The minimum absolute atomic E-state index is 0.127. The number of carbonyl (C=O) groups excluding carboxylic acids is 1. The maximum absolute atomic E-state index is 12.9. The topological polar surface area (TPSA) is 63.2 Å². The molecule has 0 atom stereocenters. The molecule has 2 N–H and O–H groups in total. The van der Waals surface area contributed by atoms with Crippen molar-refractivity contribution < 1.29 is 9.53 Å². The zero-order chi connectivity index (χ0) is 24.2. The summed E-state index contributed by atoms with van der Waals surface area (Å²) < 4.78 is 5.58. The first kappa shape index (κ1) is 22.7. The van der Waals surface area contributed by atoms with Gasteiger partial charge < -0.3 is 15.4 Å².